The Morgan fingerprint density at radius 3 is 2.87 bits per heavy atom. The number of carbonyl (C=O) groups excluding carboxylic acids is 1. The average molecular weight is 441 g/mol. The Balaban J connectivity index is 1.44. The topological polar surface area (TPSA) is 75.3 Å². The van der Waals surface area contributed by atoms with Crippen LogP contribution in [-0.4, -0.2) is 37.2 Å². The first-order valence-corrected chi connectivity index (χ1v) is 11.3. The molecule has 1 aromatic heterocycles. The van der Waals surface area contributed by atoms with Crippen LogP contribution in [0, 0.1) is 11.8 Å². The quantitative estimate of drug-likeness (QED) is 0.607. The summed E-state index contributed by atoms with van der Waals surface area (Å²) in [5.41, 5.74) is 3.87. The summed E-state index contributed by atoms with van der Waals surface area (Å²) in [6.07, 6.45) is 5.38. The predicted molar refractivity (Wildman–Crippen MR) is 125 cm³/mol. The number of allylic oxidation sites excluding steroid dienone is 1. The van der Waals surface area contributed by atoms with E-state index in [1.54, 1.807) is 6.20 Å². The first kappa shape index (κ1) is 21.7. The molecule has 2 aliphatic heterocycles. The van der Waals surface area contributed by atoms with E-state index >= 15 is 0 Å². The number of hydrogen-bond acceptors (Lipinski definition) is 5. The van der Waals surface area contributed by atoms with E-state index in [2.05, 4.69) is 39.6 Å². The number of rotatable bonds is 6. The van der Waals surface area contributed by atoms with Crippen molar-refractivity contribution in [3.8, 4) is 11.1 Å². The van der Waals surface area contributed by atoms with Crippen molar-refractivity contribution in [2.24, 2.45) is 11.8 Å². The van der Waals surface area contributed by atoms with Crippen molar-refractivity contribution < 1.29 is 9.53 Å². The van der Waals surface area contributed by atoms with Gasteiger partial charge in [0.2, 0.25) is 5.91 Å². The third kappa shape index (κ3) is 5.77. The molecule has 4 rings (SSSR count). The van der Waals surface area contributed by atoms with Crippen LogP contribution in [0.25, 0.3) is 11.1 Å². The first-order valence-electron chi connectivity index (χ1n) is 10.9. The first-order chi connectivity index (χ1) is 15.1. The van der Waals surface area contributed by atoms with Crippen molar-refractivity contribution in [1.29, 1.82) is 0 Å². The number of nitrogens with zero attached hydrogens (tertiary/aromatic N) is 1. The van der Waals surface area contributed by atoms with Crippen LogP contribution in [0.4, 0.5) is 11.5 Å². The van der Waals surface area contributed by atoms with Crippen molar-refractivity contribution in [3.63, 3.8) is 0 Å². The highest BCUT2D eigenvalue weighted by molar-refractivity contribution is 6.33. The molecule has 0 radical (unpaired) electrons. The zero-order chi connectivity index (χ0) is 21.6. The summed E-state index contributed by atoms with van der Waals surface area (Å²) in [5.74, 6) is 1.02. The van der Waals surface area contributed by atoms with Gasteiger partial charge in [0.1, 0.15) is 5.82 Å². The monoisotopic (exact) mass is 440 g/mol. The molecule has 0 bridgehead atoms. The van der Waals surface area contributed by atoms with Gasteiger partial charge in [-0.2, -0.15) is 0 Å². The Kier molecular flexibility index (Phi) is 7.10. The maximum absolute atomic E-state index is 12.6. The Morgan fingerprint density at radius 1 is 1.26 bits per heavy atom. The summed E-state index contributed by atoms with van der Waals surface area (Å²) >= 11 is 6.45. The summed E-state index contributed by atoms with van der Waals surface area (Å²) in [4.78, 5) is 16.9. The second-order valence-electron chi connectivity index (χ2n) is 8.28. The summed E-state index contributed by atoms with van der Waals surface area (Å²) < 4.78 is 5.44. The molecule has 0 unspecified atom stereocenters. The lowest BCUT2D eigenvalue weighted by atomic mass is 9.97. The number of ether oxygens (including phenoxy) is 1. The smallest absolute Gasteiger partial charge is 0.230 e. The van der Waals surface area contributed by atoms with E-state index in [9.17, 15) is 4.79 Å². The molecular weight excluding hydrogens is 412 g/mol. The molecule has 7 heteroatoms. The van der Waals surface area contributed by atoms with Gasteiger partial charge in [-0.05, 0) is 55.4 Å². The van der Waals surface area contributed by atoms with Gasteiger partial charge in [-0.1, -0.05) is 30.3 Å². The lowest BCUT2D eigenvalue weighted by molar-refractivity contribution is -0.120. The highest BCUT2D eigenvalue weighted by atomic mass is 35.5. The van der Waals surface area contributed by atoms with Crippen LogP contribution >= 0.6 is 11.6 Å². The molecule has 2 aliphatic rings. The lowest BCUT2D eigenvalue weighted by Gasteiger charge is -2.24. The van der Waals surface area contributed by atoms with Crippen molar-refractivity contribution >= 4 is 29.0 Å². The zero-order valence-corrected chi connectivity index (χ0v) is 18.4. The van der Waals surface area contributed by atoms with Crippen LogP contribution in [-0.2, 0) is 9.53 Å². The van der Waals surface area contributed by atoms with E-state index in [-0.39, 0.29) is 11.8 Å². The Hall–Kier alpha value is -2.57. The SMILES string of the molecule is C=C1CC[C@H](C(=O)Nc2cc(-c3cccc(NCC4CCOCC4)c3)c(Cl)cn2)CN1. The van der Waals surface area contributed by atoms with Gasteiger partial charge in [0.25, 0.3) is 0 Å². The Bertz CT molecular complexity index is 933. The van der Waals surface area contributed by atoms with E-state index in [1.165, 1.54) is 0 Å². The van der Waals surface area contributed by atoms with Gasteiger partial charge in [0.15, 0.2) is 0 Å². The third-order valence-corrected chi connectivity index (χ3v) is 6.28. The molecule has 1 atom stereocenters. The normalized spacial score (nSPS) is 19.5. The van der Waals surface area contributed by atoms with Gasteiger partial charge in [-0.15, -0.1) is 0 Å². The standard InChI is InChI=1S/C24H29ClN4O2/c1-16-5-6-19(14-26-16)24(30)29-23-12-21(22(25)15-28-23)18-3-2-4-20(11-18)27-13-17-7-9-31-10-8-17/h2-4,11-12,15,17,19,26-27H,1,5-10,13-14H2,(H,28,29,30)/t19-/m0/s1. The largest absolute Gasteiger partial charge is 0.388 e. The van der Waals surface area contributed by atoms with Gasteiger partial charge in [-0.25, -0.2) is 4.98 Å². The second-order valence-corrected chi connectivity index (χ2v) is 8.68. The maximum atomic E-state index is 12.6. The molecule has 1 amide bonds. The van der Waals surface area contributed by atoms with Gasteiger partial charge < -0.3 is 20.7 Å². The van der Waals surface area contributed by atoms with E-state index in [4.69, 9.17) is 16.3 Å². The molecule has 6 nitrogen and oxygen atoms in total. The van der Waals surface area contributed by atoms with Gasteiger partial charge in [0, 0.05) is 49.4 Å². The van der Waals surface area contributed by atoms with E-state index < -0.39 is 0 Å². The third-order valence-electron chi connectivity index (χ3n) is 5.98. The van der Waals surface area contributed by atoms with E-state index in [0.29, 0.717) is 23.3 Å². The number of nitrogens with one attached hydrogen (secondary N) is 3. The zero-order valence-electron chi connectivity index (χ0n) is 17.6. The van der Waals surface area contributed by atoms with Crippen molar-refractivity contribution in [3.05, 3.63) is 53.8 Å². The van der Waals surface area contributed by atoms with Crippen molar-refractivity contribution in [2.45, 2.75) is 25.7 Å². The Morgan fingerprint density at radius 2 is 2.10 bits per heavy atom. The molecule has 3 heterocycles. The molecular formula is C24H29ClN4O2. The number of pyridine rings is 1. The number of anilines is 2. The van der Waals surface area contributed by atoms with Gasteiger partial charge in [0.05, 0.1) is 10.9 Å². The molecule has 2 fully saturated rings. The Labute approximate surface area is 188 Å². The fraction of sp³-hybridized carbons (Fsp3) is 0.417. The minimum atomic E-state index is -0.0934. The summed E-state index contributed by atoms with van der Waals surface area (Å²) in [7, 11) is 0. The maximum Gasteiger partial charge on any atom is 0.230 e. The van der Waals surface area contributed by atoms with E-state index in [0.717, 1.165) is 68.0 Å². The van der Waals surface area contributed by atoms with Crippen LogP contribution < -0.4 is 16.0 Å². The summed E-state index contributed by atoms with van der Waals surface area (Å²) in [6.45, 7) is 7.14. The highest BCUT2D eigenvalue weighted by Gasteiger charge is 2.23. The van der Waals surface area contributed by atoms with Gasteiger partial charge in [-0.3, -0.25) is 4.79 Å². The minimum Gasteiger partial charge on any atom is -0.388 e. The number of amides is 1. The summed E-state index contributed by atoms with van der Waals surface area (Å²) in [6, 6.07) is 10.0. The van der Waals surface area contributed by atoms with Crippen LogP contribution in [0.15, 0.2) is 48.8 Å². The number of benzene rings is 1. The highest BCUT2D eigenvalue weighted by Crippen LogP contribution is 2.31. The van der Waals surface area contributed by atoms with E-state index in [1.807, 2.05) is 18.2 Å². The molecule has 1 aromatic carbocycles. The van der Waals surface area contributed by atoms with Crippen molar-refractivity contribution in [1.82, 2.24) is 10.3 Å². The number of hydrogen-bond donors (Lipinski definition) is 3. The minimum absolute atomic E-state index is 0.0346. The van der Waals surface area contributed by atoms with Crippen LogP contribution in [0.3, 0.4) is 0 Å². The van der Waals surface area contributed by atoms with Crippen molar-refractivity contribution in [2.75, 3.05) is 36.9 Å². The molecule has 0 spiro atoms. The predicted octanol–water partition coefficient (Wildman–Crippen LogP) is 4.69. The van der Waals surface area contributed by atoms with Crippen LogP contribution in [0.2, 0.25) is 5.02 Å². The lowest BCUT2D eigenvalue weighted by Crippen LogP contribution is -2.36. The van der Waals surface area contributed by atoms with Gasteiger partial charge >= 0.3 is 0 Å². The van der Waals surface area contributed by atoms with Crippen LogP contribution in [0.1, 0.15) is 25.7 Å². The molecule has 164 valence electrons. The fourth-order valence-electron chi connectivity index (χ4n) is 4.00. The average Bonchev–Trinajstić information content (AvgIpc) is 2.80. The molecule has 3 N–H and O–H groups in total. The number of halogens is 1. The number of carbonyl (C=O) groups is 1. The molecule has 2 aromatic rings. The second kappa shape index (κ2) is 10.2. The fourth-order valence-corrected chi connectivity index (χ4v) is 4.21. The molecule has 0 saturated carbocycles. The molecule has 31 heavy (non-hydrogen) atoms. The summed E-state index contributed by atoms with van der Waals surface area (Å²) in [5, 5.41) is 10.2. The molecule has 0 aliphatic carbocycles. The number of piperidine rings is 1. The van der Waals surface area contributed by atoms with Crippen LogP contribution in [0.5, 0.6) is 0 Å². The molecule has 2 saturated heterocycles. The number of aromatic nitrogens is 1.